The van der Waals surface area contributed by atoms with Gasteiger partial charge in [0, 0.05) is 24.2 Å². The minimum absolute atomic E-state index is 0.0431. The van der Waals surface area contributed by atoms with Gasteiger partial charge in [-0.05, 0) is 45.4 Å². The second kappa shape index (κ2) is 9.07. The first kappa shape index (κ1) is 23.1. The van der Waals surface area contributed by atoms with Crippen LogP contribution in [-0.4, -0.2) is 42.8 Å². The summed E-state index contributed by atoms with van der Waals surface area (Å²) in [6, 6.07) is 6.39. The van der Waals surface area contributed by atoms with E-state index in [2.05, 4.69) is 17.1 Å². The second-order valence-electron chi connectivity index (χ2n) is 8.42. The van der Waals surface area contributed by atoms with Crippen LogP contribution < -0.4 is 9.80 Å². The summed E-state index contributed by atoms with van der Waals surface area (Å²) in [7, 11) is 1.25. The monoisotopic (exact) mass is 489 g/mol. The van der Waals surface area contributed by atoms with Crippen LogP contribution in [0.2, 0.25) is 5.02 Å². The average molecular weight is 490 g/mol. The zero-order valence-corrected chi connectivity index (χ0v) is 20.3. The number of carbonyl (C=O) groups is 2. The van der Waals surface area contributed by atoms with E-state index in [0.717, 1.165) is 29.3 Å². The maximum atomic E-state index is 13.3. The van der Waals surface area contributed by atoms with Gasteiger partial charge in [-0.3, -0.25) is 0 Å². The SMILES string of the molecule is COC(=O)c1ccc(N(C(=O)OC(C)(C)C)c2cc(Cl)cc3sc(N4CC=CCC4)nc23)o1. The lowest BCUT2D eigenvalue weighted by Gasteiger charge is -2.26. The number of aromatic nitrogens is 1. The number of hydrogen-bond donors (Lipinski definition) is 0. The third-order valence-corrected chi connectivity index (χ3v) is 6.05. The predicted octanol–water partition coefficient (Wildman–Crippen LogP) is 6.17. The smallest absolute Gasteiger partial charge is 0.421 e. The molecule has 174 valence electrons. The van der Waals surface area contributed by atoms with Crippen LogP contribution in [0.25, 0.3) is 10.2 Å². The van der Waals surface area contributed by atoms with Crippen LogP contribution in [0.4, 0.5) is 21.5 Å². The zero-order chi connectivity index (χ0) is 23.8. The van der Waals surface area contributed by atoms with Crippen molar-refractivity contribution in [2.75, 3.05) is 30.0 Å². The van der Waals surface area contributed by atoms with Crippen molar-refractivity contribution in [3.8, 4) is 0 Å². The molecule has 3 aromatic rings. The molecule has 1 aromatic carbocycles. The molecule has 3 heterocycles. The third-order valence-electron chi connectivity index (χ3n) is 4.77. The van der Waals surface area contributed by atoms with Crippen LogP contribution in [0.3, 0.4) is 0 Å². The highest BCUT2D eigenvalue weighted by Crippen LogP contribution is 2.41. The van der Waals surface area contributed by atoms with E-state index in [1.165, 1.54) is 35.5 Å². The summed E-state index contributed by atoms with van der Waals surface area (Å²) in [5.41, 5.74) is 0.210. The number of anilines is 3. The number of ether oxygens (including phenoxy) is 2. The van der Waals surface area contributed by atoms with Gasteiger partial charge in [0.05, 0.1) is 17.5 Å². The van der Waals surface area contributed by atoms with Crippen LogP contribution in [0.15, 0.2) is 40.8 Å². The Bertz CT molecular complexity index is 1230. The highest BCUT2D eigenvalue weighted by molar-refractivity contribution is 7.22. The van der Waals surface area contributed by atoms with Crippen molar-refractivity contribution in [1.29, 1.82) is 0 Å². The molecule has 33 heavy (non-hydrogen) atoms. The highest BCUT2D eigenvalue weighted by Gasteiger charge is 2.31. The lowest BCUT2D eigenvalue weighted by Crippen LogP contribution is -2.33. The first-order valence-electron chi connectivity index (χ1n) is 10.4. The van der Waals surface area contributed by atoms with Crippen molar-refractivity contribution in [3.63, 3.8) is 0 Å². The number of esters is 1. The number of thiazole rings is 1. The lowest BCUT2D eigenvalue weighted by molar-refractivity contribution is 0.0550. The Morgan fingerprint density at radius 2 is 2.03 bits per heavy atom. The van der Waals surface area contributed by atoms with Gasteiger partial charge in [-0.25, -0.2) is 19.5 Å². The van der Waals surface area contributed by atoms with Gasteiger partial charge in [0.15, 0.2) is 5.13 Å². The Balaban J connectivity index is 1.85. The molecule has 1 amide bonds. The Hall–Kier alpha value is -3.04. The van der Waals surface area contributed by atoms with E-state index in [0.29, 0.717) is 16.2 Å². The molecule has 0 saturated carbocycles. The van der Waals surface area contributed by atoms with Crippen LogP contribution >= 0.6 is 22.9 Å². The number of rotatable bonds is 4. The van der Waals surface area contributed by atoms with Crippen molar-refractivity contribution >= 4 is 61.9 Å². The van der Waals surface area contributed by atoms with Gasteiger partial charge in [-0.2, -0.15) is 0 Å². The standard InChI is InChI=1S/C23H24ClN3O5S/c1-23(2,3)32-22(29)27(18-9-8-16(31-18)20(28)30-4)15-12-14(24)13-17-19(15)25-21(33-17)26-10-6-5-7-11-26/h5-6,8-9,12-13H,7,10-11H2,1-4H3. The van der Waals surface area contributed by atoms with Crippen LogP contribution in [0.1, 0.15) is 37.7 Å². The summed E-state index contributed by atoms with van der Waals surface area (Å²) in [6.45, 7) is 6.92. The molecule has 0 spiro atoms. The Labute approximate surface area is 200 Å². The zero-order valence-electron chi connectivity index (χ0n) is 18.8. The molecule has 0 fully saturated rings. The van der Waals surface area contributed by atoms with E-state index in [1.54, 1.807) is 26.8 Å². The third kappa shape index (κ3) is 4.99. The molecular weight excluding hydrogens is 466 g/mol. The molecule has 0 bridgehead atoms. The van der Waals surface area contributed by atoms with Crippen molar-refractivity contribution in [2.45, 2.75) is 32.8 Å². The number of fused-ring (bicyclic) bond motifs is 1. The molecule has 0 N–H and O–H groups in total. The van der Waals surface area contributed by atoms with Crippen molar-refractivity contribution in [1.82, 2.24) is 4.98 Å². The van der Waals surface area contributed by atoms with Gasteiger partial charge < -0.3 is 18.8 Å². The molecule has 2 aromatic heterocycles. The number of halogens is 1. The van der Waals surface area contributed by atoms with Crippen LogP contribution in [-0.2, 0) is 9.47 Å². The number of methoxy groups -OCH3 is 1. The van der Waals surface area contributed by atoms with Gasteiger partial charge in [-0.15, -0.1) is 0 Å². The largest absolute Gasteiger partial charge is 0.463 e. The minimum atomic E-state index is -0.766. The topological polar surface area (TPSA) is 85.1 Å². The first-order chi connectivity index (χ1) is 15.7. The van der Waals surface area contributed by atoms with E-state index in [-0.39, 0.29) is 11.6 Å². The summed E-state index contributed by atoms with van der Waals surface area (Å²) in [6.07, 6.45) is 4.50. The second-order valence-corrected chi connectivity index (χ2v) is 9.86. The summed E-state index contributed by atoms with van der Waals surface area (Å²) in [5, 5.41) is 1.26. The predicted molar refractivity (Wildman–Crippen MR) is 129 cm³/mol. The van der Waals surface area contributed by atoms with Gasteiger partial charge >= 0.3 is 12.1 Å². The molecule has 0 radical (unpaired) electrons. The van der Waals surface area contributed by atoms with Gasteiger partial charge in [0.25, 0.3) is 0 Å². The maximum absolute atomic E-state index is 13.3. The molecule has 1 aliphatic heterocycles. The number of benzene rings is 1. The molecular formula is C23H24ClN3O5S. The number of carbonyl (C=O) groups excluding carboxylic acids is 2. The molecule has 0 saturated heterocycles. The fraction of sp³-hybridized carbons (Fsp3) is 0.348. The Morgan fingerprint density at radius 3 is 2.70 bits per heavy atom. The Kier molecular flexibility index (Phi) is 6.36. The van der Waals surface area contributed by atoms with Gasteiger partial charge in [-0.1, -0.05) is 35.1 Å². The quantitative estimate of drug-likeness (QED) is 0.320. The molecule has 10 heteroatoms. The fourth-order valence-electron chi connectivity index (χ4n) is 3.36. The van der Waals surface area contributed by atoms with Crippen LogP contribution in [0.5, 0.6) is 0 Å². The number of amides is 1. The highest BCUT2D eigenvalue weighted by atomic mass is 35.5. The molecule has 0 unspecified atom stereocenters. The summed E-state index contributed by atoms with van der Waals surface area (Å²) in [4.78, 5) is 33.5. The lowest BCUT2D eigenvalue weighted by atomic mass is 10.2. The number of furan rings is 1. The van der Waals surface area contributed by atoms with Crippen molar-refractivity contribution in [2.24, 2.45) is 0 Å². The summed E-state index contributed by atoms with van der Waals surface area (Å²) >= 11 is 7.93. The van der Waals surface area contributed by atoms with E-state index >= 15 is 0 Å². The van der Waals surface area contributed by atoms with E-state index in [4.69, 9.17) is 30.5 Å². The number of nitrogens with zero attached hydrogens (tertiary/aromatic N) is 3. The van der Waals surface area contributed by atoms with Gasteiger partial charge in [0.1, 0.15) is 11.1 Å². The molecule has 0 atom stereocenters. The van der Waals surface area contributed by atoms with Crippen molar-refractivity contribution in [3.05, 3.63) is 47.2 Å². The first-order valence-corrected chi connectivity index (χ1v) is 11.6. The van der Waals surface area contributed by atoms with Crippen LogP contribution in [0, 0.1) is 0 Å². The van der Waals surface area contributed by atoms with Crippen molar-refractivity contribution < 1.29 is 23.5 Å². The van der Waals surface area contributed by atoms with E-state index in [9.17, 15) is 9.59 Å². The Morgan fingerprint density at radius 1 is 1.24 bits per heavy atom. The molecule has 4 rings (SSSR count). The number of hydrogen-bond acceptors (Lipinski definition) is 8. The van der Waals surface area contributed by atoms with Gasteiger partial charge in [0.2, 0.25) is 11.6 Å². The fourth-order valence-corrected chi connectivity index (χ4v) is 4.70. The van der Waals surface area contributed by atoms with E-state index < -0.39 is 17.7 Å². The summed E-state index contributed by atoms with van der Waals surface area (Å²) < 4.78 is 16.8. The molecule has 8 nitrogen and oxygen atoms in total. The maximum Gasteiger partial charge on any atom is 0.421 e. The molecule has 0 aliphatic carbocycles. The normalized spacial score (nSPS) is 13.9. The summed E-state index contributed by atoms with van der Waals surface area (Å²) in [5.74, 6) is -0.613. The minimum Gasteiger partial charge on any atom is -0.463 e. The molecule has 1 aliphatic rings. The van der Waals surface area contributed by atoms with E-state index in [1.807, 2.05) is 6.07 Å². The average Bonchev–Trinajstić information content (AvgIpc) is 3.40.